The summed E-state index contributed by atoms with van der Waals surface area (Å²) in [7, 11) is 0. The van der Waals surface area contributed by atoms with Gasteiger partial charge in [-0.25, -0.2) is 0 Å². The number of carbonyl (C=O) groups is 2. The van der Waals surface area contributed by atoms with Crippen molar-refractivity contribution >= 4 is 11.8 Å². The van der Waals surface area contributed by atoms with E-state index < -0.39 is 23.9 Å². The molecule has 0 rings (SSSR count). The molecule has 0 saturated carbocycles. The molecule has 10 nitrogen and oxygen atoms in total. The van der Waals surface area contributed by atoms with Gasteiger partial charge in [0.25, 0.3) is 0 Å². The molecular formula is C14H26N8O2. The van der Waals surface area contributed by atoms with Gasteiger partial charge in [0, 0.05) is 35.0 Å². The molecular weight excluding hydrogens is 312 g/mol. The van der Waals surface area contributed by atoms with Crippen LogP contribution in [0.3, 0.4) is 0 Å². The summed E-state index contributed by atoms with van der Waals surface area (Å²) in [6.07, 6.45) is 1.18. The first-order valence-electron chi connectivity index (χ1n) is 7.93. The lowest BCUT2D eigenvalue weighted by atomic mass is 10.0. The quantitative estimate of drug-likeness (QED) is 0.272. The first-order valence-corrected chi connectivity index (χ1v) is 7.93. The van der Waals surface area contributed by atoms with Crippen LogP contribution < -0.4 is 10.6 Å². The van der Waals surface area contributed by atoms with Gasteiger partial charge in [-0.3, -0.25) is 9.59 Å². The third kappa shape index (κ3) is 10.3. The summed E-state index contributed by atoms with van der Waals surface area (Å²) in [4.78, 5) is 29.4. The molecule has 0 aromatic carbocycles. The van der Waals surface area contributed by atoms with Crippen LogP contribution in [0.25, 0.3) is 20.9 Å². The predicted octanol–water partition coefficient (Wildman–Crippen LogP) is 2.67. The molecule has 0 aliphatic carbocycles. The Hall–Kier alpha value is -2.44. The molecule has 0 heterocycles. The molecule has 0 aromatic rings. The van der Waals surface area contributed by atoms with E-state index >= 15 is 0 Å². The Morgan fingerprint density at radius 1 is 0.833 bits per heavy atom. The van der Waals surface area contributed by atoms with Crippen LogP contribution in [0.15, 0.2) is 10.2 Å². The van der Waals surface area contributed by atoms with Gasteiger partial charge in [0.05, 0.1) is 0 Å². The summed E-state index contributed by atoms with van der Waals surface area (Å²) in [6.45, 7) is 8.03. The van der Waals surface area contributed by atoms with Gasteiger partial charge in [-0.05, 0) is 35.7 Å². The van der Waals surface area contributed by atoms with Crippen LogP contribution in [0.5, 0.6) is 0 Å². The third-order valence-electron chi connectivity index (χ3n) is 3.12. The van der Waals surface area contributed by atoms with Crippen molar-refractivity contribution in [3.63, 3.8) is 0 Å². The fourth-order valence-electron chi connectivity index (χ4n) is 2.27. The van der Waals surface area contributed by atoms with Gasteiger partial charge in [-0.1, -0.05) is 37.9 Å². The molecule has 2 N–H and O–H groups in total. The highest BCUT2D eigenvalue weighted by molar-refractivity contribution is 6.35. The minimum Gasteiger partial charge on any atom is -0.345 e. The van der Waals surface area contributed by atoms with Crippen LogP contribution in [0.2, 0.25) is 0 Å². The predicted molar refractivity (Wildman–Crippen MR) is 90.8 cm³/mol. The van der Waals surface area contributed by atoms with Crippen molar-refractivity contribution in [3.05, 3.63) is 20.9 Å². The first kappa shape index (κ1) is 21.6. The number of nitrogens with zero attached hydrogens (tertiary/aromatic N) is 6. The van der Waals surface area contributed by atoms with Gasteiger partial charge in [0.1, 0.15) is 0 Å². The highest BCUT2D eigenvalue weighted by atomic mass is 16.2. The fourth-order valence-corrected chi connectivity index (χ4v) is 2.27. The van der Waals surface area contributed by atoms with Gasteiger partial charge in [0.15, 0.2) is 0 Å². The van der Waals surface area contributed by atoms with E-state index in [9.17, 15) is 9.59 Å². The smallest absolute Gasteiger partial charge is 0.309 e. The first-order chi connectivity index (χ1) is 11.3. The molecule has 0 radical (unpaired) electrons. The van der Waals surface area contributed by atoms with Gasteiger partial charge in [-0.2, -0.15) is 0 Å². The highest BCUT2D eigenvalue weighted by Gasteiger charge is 2.22. The highest BCUT2D eigenvalue weighted by Crippen LogP contribution is 2.07. The standard InChI is InChI=1S/C14H26N8O2/c1-9(2)5-11(7-17-21-15)19-13(23)14(24)20-12(6-10(3)4)8-18-22-16/h9-12H,5-8H2,1-4H3,(H,19,23)(H,20,24)/t11-,12-/m0/s1. The molecule has 0 aliphatic rings. The number of hydrogen-bond donors (Lipinski definition) is 2. The summed E-state index contributed by atoms with van der Waals surface area (Å²) in [5.41, 5.74) is 16.8. The van der Waals surface area contributed by atoms with Gasteiger partial charge >= 0.3 is 11.8 Å². The van der Waals surface area contributed by atoms with E-state index in [4.69, 9.17) is 11.1 Å². The van der Waals surface area contributed by atoms with E-state index in [0.29, 0.717) is 12.8 Å². The lowest BCUT2D eigenvalue weighted by Crippen LogP contribution is -2.49. The minimum absolute atomic E-state index is 0.0852. The van der Waals surface area contributed by atoms with Crippen molar-refractivity contribution in [2.45, 2.75) is 52.6 Å². The maximum Gasteiger partial charge on any atom is 0.309 e. The second-order valence-electron chi connectivity index (χ2n) is 6.43. The summed E-state index contributed by atoms with van der Waals surface area (Å²) in [6, 6.07) is -0.806. The Kier molecular flexibility index (Phi) is 10.8. The summed E-state index contributed by atoms with van der Waals surface area (Å²) in [5.74, 6) is -1.04. The van der Waals surface area contributed by atoms with Crippen LogP contribution >= 0.6 is 0 Å². The monoisotopic (exact) mass is 338 g/mol. The lowest BCUT2D eigenvalue weighted by Gasteiger charge is -2.21. The van der Waals surface area contributed by atoms with Crippen LogP contribution in [-0.4, -0.2) is 37.0 Å². The molecule has 0 aliphatic heterocycles. The van der Waals surface area contributed by atoms with Crippen LogP contribution in [0.4, 0.5) is 0 Å². The van der Waals surface area contributed by atoms with Crippen LogP contribution in [0, 0.1) is 11.8 Å². The molecule has 0 unspecified atom stereocenters. The third-order valence-corrected chi connectivity index (χ3v) is 3.12. The van der Waals surface area contributed by atoms with E-state index in [1.54, 1.807) is 0 Å². The number of nitrogens with one attached hydrogen (secondary N) is 2. The maximum atomic E-state index is 12.0. The molecule has 2 amide bonds. The Morgan fingerprint density at radius 3 is 1.42 bits per heavy atom. The molecule has 24 heavy (non-hydrogen) atoms. The molecule has 0 fully saturated rings. The molecule has 2 atom stereocenters. The second-order valence-corrected chi connectivity index (χ2v) is 6.43. The number of carbonyl (C=O) groups excluding carboxylic acids is 2. The molecule has 134 valence electrons. The lowest BCUT2D eigenvalue weighted by molar-refractivity contribution is -0.140. The Labute approximate surface area is 141 Å². The zero-order chi connectivity index (χ0) is 18.5. The normalized spacial score (nSPS) is 12.8. The van der Waals surface area contributed by atoms with Crippen molar-refractivity contribution in [1.29, 1.82) is 0 Å². The second kappa shape index (κ2) is 12.0. The summed E-state index contributed by atoms with van der Waals surface area (Å²) >= 11 is 0. The summed E-state index contributed by atoms with van der Waals surface area (Å²) in [5, 5.41) is 12.1. The topological polar surface area (TPSA) is 156 Å². The largest absolute Gasteiger partial charge is 0.345 e. The van der Waals surface area contributed by atoms with Crippen molar-refractivity contribution in [3.8, 4) is 0 Å². The zero-order valence-corrected chi connectivity index (χ0v) is 14.6. The Balaban J connectivity index is 4.75. The van der Waals surface area contributed by atoms with Crippen LogP contribution in [0.1, 0.15) is 40.5 Å². The van der Waals surface area contributed by atoms with E-state index in [1.807, 2.05) is 27.7 Å². The van der Waals surface area contributed by atoms with Gasteiger partial charge in [0.2, 0.25) is 0 Å². The number of amides is 2. The maximum absolute atomic E-state index is 12.0. The van der Waals surface area contributed by atoms with Gasteiger partial charge in [-0.15, -0.1) is 0 Å². The average molecular weight is 338 g/mol. The molecule has 10 heteroatoms. The van der Waals surface area contributed by atoms with Gasteiger partial charge < -0.3 is 10.6 Å². The van der Waals surface area contributed by atoms with E-state index in [1.165, 1.54) is 0 Å². The van der Waals surface area contributed by atoms with Crippen LogP contribution in [-0.2, 0) is 9.59 Å². The van der Waals surface area contributed by atoms with E-state index in [0.717, 1.165) is 0 Å². The Bertz CT molecular complexity index is 461. The Morgan fingerprint density at radius 2 is 1.17 bits per heavy atom. The summed E-state index contributed by atoms with van der Waals surface area (Å²) < 4.78 is 0. The fraction of sp³-hybridized carbons (Fsp3) is 0.857. The molecule has 0 bridgehead atoms. The van der Waals surface area contributed by atoms with E-state index in [-0.39, 0.29) is 24.9 Å². The van der Waals surface area contributed by atoms with Crippen molar-refractivity contribution in [2.75, 3.05) is 13.1 Å². The average Bonchev–Trinajstić information content (AvgIpc) is 2.48. The zero-order valence-electron chi connectivity index (χ0n) is 14.6. The number of hydrogen-bond acceptors (Lipinski definition) is 4. The molecule has 0 aromatic heterocycles. The molecule has 0 saturated heterocycles. The SMILES string of the molecule is CC(C)C[C@@H](CN=[N+]=[N-])NC(=O)C(=O)N[C@H](CN=[N+]=[N-])CC(C)C. The molecule has 0 spiro atoms. The number of azide groups is 2. The van der Waals surface area contributed by atoms with E-state index in [2.05, 4.69) is 30.7 Å². The van der Waals surface area contributed by atoms with Crippen molar-refractivity contribution in [1.82, 2.24) is 10.6 Å². The van der Waals surface area contributed by atoms with Crippen molar-refractivity contribution < 1.29 is 9.59 Å². The number of rotatable bonds is 10. The minimum atomic E-state index is -0.788. The van der Waals surface area contributed by atoms with Crippen molar-refractivity contribution in [2.24, 2.45) is 22.1 Å².